The maximum absolute atomic E-state index is 12.9. The maximum Gasteiger partial charge on any atom is 0.280 e. The molecule has 0 unspecified atom stereocenters. The Morgan fingerprint density at radius 2 is 1.74 bits per heavy atom. The fourth-order valence-corrected chi connectivity index (χ4v) is 3.05. The number of anilines is 1. The number of hydrogen-bond acceptors (Lipinski definition) is 7. The number of phenols is 1. The van der Waals surface area contributed by atoms with Crippen LogP contribution in [0.4, 0.5) is 11.6 Å². The van der Waals surface area contributed by atoms with Gasteiger partial charge in [-0.3, -0.25) is 14.9 Å². The summed E-state index contributed by atoms with van der Waals surface area (Å²) in [5.74, 6) is -0.782. The average molecular weight is 419 g/mol. The Bertz CT molecular complexity index is 1200. The summed E-state index contributed by atoms with van der Waals surface area (Å²) in [6.45, 7) is 0. The van der Waals surface area contributed by atoms with E-state index in [0.717, 1.165) is 0 Å². The van der Waals surface area contributed by atoms with Gasteiger partial charge in [0.15, 0.2) is 28.9 Å². The molecule has 0 radical (unpaired) electrons. The lowest BCUT2D eigenvalue weighted by molar-refractivity contribution is -0.110. The van der Waals surface area contributed by atoms with Crippen molar-refractivity contribution in [2.24, 2.45) is 9.98 Å². The zero-order valence-corrected chi connectivity index (χ0v) is 16.6. The molecule has 1 amide bonds. The van der Waals surface area contributed by atoms with Crippen LogP contribution in [0.15, 0.2) is 69.2 Å². The van der Waals surface area contributed by atoms with Crippen molar-refractivity contribution >= 4 is 34.8 Å². The Balaban J connectivity index is 1.82. The second-order valence-electron chi connectivity index (χ2n) is 6.40. The van der Waals surface area contributed by atoms with E-state index in [4.69, 9.17) is 13.9 Å². The number of nitrogens with one attached hydrogen (secondary N) is 1. The van der Waals surface area contributed by atoms with Crippen molar-refractivity contribution in [2.45, 2.75) is 0 Å². The highest BCUT2D eigenvalue weighted by molar-refractivity contribution is 6.72. The van der Waals surface area contributed by atoms with Crippen LogP contribution in [0.5, 0.6) is 17.2 Å². The van der Waals surface area contributed by atoms with Gasteiger partial charge in [0.1, 0.15) is 0 Å². The Morgan fingerprint density at radius 1 is 1.06 bits per heavy atom. The van der Waals surface area contributed by atoms with Gasteiger partial charge in [-0.2, -0.15) is 0 Å². The van der Waals surface area contributed by atoms with Crippen LogP contribution >= 0.6 is 0 Å². The van der Waals surface area contributed by atoms with Crippen molar-refractivity contribution in [2.75, 3.05) is 19.5 Å². The third kappa shape index (κ3) is 3.76. The van der Waals surface area contributed by atoms with Crippen molar-refractivity contribution in [1.82, 2.24) is 0 Å². The normalized spacial score (nSPS) is 14.1. The van der Waals surface area contributed by atoms with E-state index in [1.165, 1.54) is 32.6 Å². The number of fused-ring (bicyclic) bond motifs is 1. The number of nitrogens with zero attached hydrogens (tertiary/aromatic N) is 2. The smallest absolute Gasteiger partial charge is 0.280 e. The molecule has 2 aromatic carbocycles. The Morgan fingerprint density at radius 3 is 2.35 bits per heavy atom. The topological polar surface area (TPSA) is 123 Å². The van der Waals surface area contributed by atoms with E-state index >= 15 is 0 Å². The zero-order chi connectivity index (χ0) is 22.0. The molecule has 0 bridgehead atoms. The SMILES string of the molecule is COc1cc(N=C2N=C(C(=O)Nc3ccco3)C(=O)c3ccccc32)cc(OC)c1O. The molecule has 0 saturated heterocycles. The highest BCUT2D eigenvalue weighted by Crippen LogP contribution is 2.40. The van der Waals surface area contributed by atoms with E-state index in [9.17, 15) is 14.7 Å². The number of carbonyl (C=O) groups is 2. The third-order valence-electron chi connectivity index (χ3n) is 4.52. The first-order valence-corrected chi connectivity index (χ1v) is 9.13. The summed E-state index contributed by atoms with van der Waals surface area (Å²) in [7, 11) is 2.80. The van der Waals surface area contributed by atoms with Gasteiger partial charge in [0.05, 0.1) is 26.2 Å². The molecular formula is C22H17N3O6. The first kappa shape index (κ1) is 19.9. The van der Waals surface area contributed by atoms with E-state index in [-0.39, 0.29) is 34.7 Å². The van der Waals surface area contributed by atoms with E-state index < -0.39 is 11.7 Å². The Labute approximate surface area is 176 Å². The molecule has 1 aromatic heterocycles. The first-order valence-electron chi connectivity index (χ1n) is 9.13. The number of furan rings is 1. The molecule has 3 aromatic rings. The number of benzene rings is 2. The van der Waals surface area contributed by atoms with Crippen LogP contribution in [0.3, 0.4) is 0 Å². The average Bonchev–Trinajstić information content (AvgIpc) is 3.29. The Kier molecular flexibility index (Phi) is 5.23. The van der Waals surface area contributed by atoms with E-state index in [1.807, 2.05) is 0 Å². The van der Waals surface area contributed by atoms with Gasteiger partial charge in [-0.1, -0.05) is 24.3 Å². The van der Waals surface area contributed by atoms with Crippen LogP contribution < -0.4 is 14.8 Å². The minimum atomic E-state index is -0.719. The van der Waals surface area contributed by atoms with Crippen LogP contribution in [0.1, 0.15) is 15.9 Å². The van der Waals surface area contributed by atoms with Crippen molar-refractivity contribution < 1.29 is 28.6 Å². The zero-order valence-electron chi connectivity index (χ0n) is 16.6. The van der Waals surface area contributed by atoms with Crippen LogP contribution in [0, 0.1) is 0 Å². The molecule has 31 heavy (non-hydrogen) atoms. The standard InChI is InChI=1S/C22H17N3O6/c1-29-15-10-12(11-16(30-2)20(15)27)23-21-14-7-4-3-6-13(14)19(26)18(25-21)22(28)24-17-8-5-9-31-17/h3-11,27H,1-2H3,(H,24,28). The van der Waals surface area contributed by atoms with E-state index in [1.54, 1.807) is 36.4 Å². The molecule has 9 heteroatoms. The molecule has 9 nitrogen and oxygen atoms in total. The molecule has 4 rings (SSSR count). The van der Waals surface area contributed by atoms with Crippen molar-refractivity contribution in [3.63, 3.8) is 0 Å². The molecule has 0 atom stereocenters. The highest BCUT2D eigenvalue weighted by atomic mass is 16.5. The monoisotopic (exact) mass is 419 g/mol. The molecule has 0 fully saturated rings. The number of aliphatic imine (C=N–C) groups is 2. The number of hydrogen-bond donors (Lipinski definition) is 2. The minimum Gasteiger partial charge on any atom is -0.502 e. The molecule has 2 heterocycles. The summed E-state index contributed by atoms with van der Waals surface area (Å²) in [4.78, 5) is 34.3. The largest absolute Gasteiger partial charge is 0.502 e. The van der Waals surface area contributed by atoms with Crippen molar-refractivity contribution in [3.8, 4) is 17.2 Å². The number of ether oxygens (including phenoxy) is 2. The number of phenolic OH excluding ortho intramolecular Hbond substituents is 1. The summed E-state index contributed by atoms with van der Waals surface area (Å²) >= 11 is 0. The molecule has 0 spiro atoms. The molecule has 1 aliphatic rings. The predicted molar refractivity (Wildman–Crippen MR) is 113 cm³/mol. The number of Topliss-reactive ketones (excluding diaryl/α,β-unsaturated/α-hetero) is 1. The number of ketones is 1. The van der Waals surface area contributed by atoms with Crippen LogP contribution in [0.2, 0.25) is 0 Å². The van der Waals surface area contributed by atoms with Gasteiger partial charge < -0.3 is 19.0 Å². The maximum atomic E-state index is 12.9. The number of methoxy groups -OCH3 is 2. The van der Waals surface area contributed by atoms with Gasteiger partial charge in [-0.25, -0.2) is 9.98 Å². The molecular weight excluding hydrogens is 402 g/mol. The number of rotatable bonds is 5. The number of amides is 1. The summed E-state index contributed by atoms with van der Waals surface area (Å²) in [5, 5.41) is 12.6. The van der Waals surface area contributed by atoms with Gasteiger partial charge in [-0.05, 0) is 6.07 Å². The van der Waals surface area contributed by atoms with Crippen LogP contribution in [0.25, 0.3) is 0 Å². The third-order valence-corrected chi connectivity index (χ3v) is 4.52. The Hall–Kier alpha value is -4.40. The van der Waals surface area contributed by atoms with Gasteiger partial charge in [0.25, 0.3) is 5.91 Å². The second kappa shape index (κ2) is 8.15. The molecule has 0 aliphatic carbocycles. The van der Waals surface area contributed by atoms with Crippen LogP contribution in [-0.2, 0) is 4.79 Å². The first-order chi connectivity index (χ1) is 15.0. The van der Waals surface area contributed by atoms with Crippen molar-refractivity contribution in [1.29, 1.82) is 0 Å². The second-order valence-corrected chi connectivity index (χ2v) is 6.40. The number of aromatic hydroxyl groups is 1. The lowest BCUT2D eigenvalue weighted by atomic mass is 9.96. The molecule has 1 aliphatic heterocycles. The van der Waals surface area contributed by atoms with Gasteiger partial charge in [-0.15, -0.1) is 0 Å². The lowest BCUT2D eigenvalue weighted by Gasteiger charge is -2.16. The van der Waals surface area contributed by atoms with Crippen molar-refractivity contribution in [3.05, 3.63) is 65.9 Å². The number of carbonyl (C=O) groups excluding carboxylic acids is 2. The van der Waals surface area contributed by atoms with E-state index in [2.05, 4.69) is 15.3 Å². The molecule has 0 saturated carbocycles. The van der Waals surface area contributed by atoms with Gasteiger partial charge in [0, 0.05) is 29.3 Å². The summed E-state index contributed by atoms with van der Waals surface area (Å²) < 4.78 is 15.4. The lowest BCUT2D eigenvalue weighted by Crippen LogP contribution is -2.34. The summed E-state index contributed by atoms with van der Waals surface area (Å²) in [6.07, 6.45) is 1.40. The van der Waals surface area contributed by atoms with Crippen LogP contribution in [-0.4, -0.2) is 42.6 Å². The molecule has 2 N–H and O–H groups in total. The molecule has 156 valence electrons. The minimum absolute atomic E-state index is 0.148. The summed E-state index contributed by atoms with van der Waals surface area (Å²) in [6, 6.07) is 12.8. The fourth-order valence-electron chi connectivity index (χ4n) is 3.05. The van der Waals surface area contributed by atoms with Gasteiger partial charge in [0.2, 0.25) is 11.5 Å². The predicted octanol–water partition coefficient (Wildman–Crippen LogP) is 3.36. The van der Waals surface area contributed by atoms with Gasteiger partial charge >= 0.3 is 0 Å². The van der Waals surface area contributed by atoms with E-state index in [0.29, 0.717) is 16.8 Å². The fraction of sp³-hybridized carbons (Fsp3) is 0.0909. The number of amidine groups is 1. The summed E-state index contributed by atoms with van der Waals surface area (Å²) in [5.41, 5.74) is 0.776. The quantitative estimate of drug-likeness (QED) is 0.654. The highest BCUT2D eigenvalue weighted by Gasteiger charge is 2.31.